The van der Waals surface area contributed by atoms with Gasteiger partial charge in [0, 0.05) is 41.7 Å². The zero-order chi connectivity index (χ0) is 19.2. The summed E-state index contributed by atoms with van der Waals surface area (Å²) in [7, 11) is 0. The summed E-state index contributed by atoms with van der Waals surface area (Å²) in [6, 6.07) is 11.8. The minimum atomic E-state index is -0.524. The number of halogens is 1. The molecule has 0 saturated carbocycles. The summed E-state index contributed by atoms with van der Waals surface area (Å²) in [6.45, 7) is 0. The number of carbonyl (C=O) groups excluding carboxylic acids is 1. The molecule has 0 radical (unpaired) electrons. The lowest BCUT2D eigenvalue weighted by Gasteiger charge is -2.03. The molecule has 0 fully saturated rings. The van der Waals surface area contributed by atoms with Gasteiger partial charge in [0.15, 0.2) is 5.82 Å². The van der Waals surface area contributed by atoms with E-state index in [2.05, 4.69) is 15.3 Å². The number of benzene rings is 2. The van der Waals surface area contributed by atoms with Gasteiger partial charge >= 0.3 is 0 Å². The Morgan fingerprint density at radius 1 is 1.11 bits per heavy atom. The number of aromatic nitrogens is 2. The first-order valence-corrected chi connectivity index (χ1v) is 7.83. The van der Waals surface area contributed by atoms with Crippen LogP contribution in [0.1, 0.15) is 5.56 Å². The van der Waals surface area contributed by atoms with E-state index in [-0.39, 0.29) is 11.4 Å². The number of rotatable bonds is 5. The lowest BCUT2D eigenvalue weighted by Crippen LogP contribution is -2.09. The molecule has 1 heterocycles. The van der Waals surface area contributed by atoms with E-state index in [1.54, 1.807) is 18.2 Å². The van der Waals surface area contributed by atoms with Crippen LogP contribution in [-0.2, 0) is 4.79 Å². The molecule has 7 nitrogen and oxygen atoms in total. The number of amides is 1. The van der Waals surface area contributed by atoms with Crippen LogP contribution in [0.5, 0.6) is 0 Å². The molecule has 0 saturated heterocycles. The number of anilines is 1. The first-order valence-electron chi connectivity index (χ1n) is 7.83. The summed E-state index contributed by atoms with van der Waals surface area (Å²) < 4.78 is 13.5. The van der Waals surface area contributed by atoms with Gasteiger partial charge in [0.05, 0.1) is 10.6 Å². The summed E-state index contributed by atoms with van der Waals surface area (Å²) in [5, 5.41) is 13.3. The van der Waals surface area contributed by atoms with E-state index in [0.29, 0.717) is 17.0 Å². The van der Waals surface area contributed by atoms with Crippen molar-refractivity contribution in [1.82, 2.24) is 9.97 Å². The van der Waals surface area contributed by atoms with Crippen LogP contribution in [0, 0.1) is 15.9 Å². The Morgan fingerprint density at radius 2 is 1.85 bits per heavy atom. The number of nitro benzene ring substituents is 1. The number of nitro groups is 1. The Hall–Kier alpha value is -3.94. The van der Waals surface area contributed by atoms with Gasteiger partial charge in [-0.2, -0.15) is 0 Å². The summed E-state index contributed by atoms with van der Waals surface area (Å²) in [5.74, 6) is -0.696. The van der Waals surface area contributed by atoms with Gasteiger partial charge < -0.3 is 5.32 Å². The number of non-ortho nitro benzene ring substituents is 1. The van der Waals surface area contributed by atoms with E-state index in [0.717, 1.165) is 0 Å². The molecule has 1 N–H and O–H groups in total. The second-order valence-electron chi connectivity index (χ2n) is 5.45. The molecule has 1 aromatic heterocycles. The molecule has 2 aromatic carbocycles. The summed E-state index contributed by atoms with van der Waals surface area (Å²) in [6.07, 6.45) is 5.67. The maximum absolute atomic E-state index is 13.5. The van der Waals surface area contributed by atoms with Gasteiger partial charge in [-0.25, -0.2) is 14.4 Å². The highest BCUT2D eigenvalue weighted by atomic mass is 19.1. The molecular formula is C19H13FN4O3. The van der Waals surface area contributed by atoms with Crippen molar-refractivity contribution in [1.29, 1.82) is 0 Å². The third-order valence-electron chi connectivity index (χ3n) is 3.55. The standard InChI is InChI=1S/C19H13FN4O3/c20-16-6-1-2-7-17(16)23-18(25)9-8-13-11-21-19(22-12-13)14-4-3-5-15(10-14)24(26)27/h1-12H,(H,23,25)/b9-8+. The Bertz CT molecular complexity index is 1020. The molecule has 0 aliphatic rings. The zero-order valence-electron chi connectivity index (χ0n) is 13.9. The third kappa shape index (κ3) is 4.57. The van der Waals surface area contributed by atoms with Gasteiger partial charge in [0.25, 0.3) is 5.69 Å². The fourth-order valence-corrected chi connectivity index (χ4v) is 2.24. The predicted molar refractivity (Wildman–Crippen MR) is 98.2 cm³/mol. The highest BCUT2D eigenvalue weighted by Gasteiger charge is 2.09. The molecule has 27 heavy (non-hydrogen) atoms. The molecule has 0 aliphatic carbocycles. The monoisotopic (exact) mass is 364 g/mol. The van der Waals surface area contributed by atoms with Crippen LogP contribution in [0.2, 0.25) is 0 Å². The van der Waals surface area contributed by atoms with Crippen molar-refractivity contribution in [3.8, 4) is 11.4 Å². The van der Waals surface area contributed by atoms with Crippen molar-refractivity contribution >= 4 is 23.4 Å². The molecule has 1 amide bonds. The molecule has 134 valence electrons. The number of nitrogens with one attached hydrogen (secondary N) is 1. The average Bonchev–Trinajstić information content (AvgIpc) is 2.69. The molecule has 8 heteroatoms. The SMILES string of the molecule is O=C(/C=C/c1cnc(-c2cccc([N+](=O)[O-])c2)nc1)Nc1ccccc1F. The molecule has 0 unspecified atom stereocenters. The van der Waals surface area contributed by atoms with Gasteiger partial charge in [-0.05, 0) is 18.2 Å². The number of para-hydroxylation sites is 1. The van der Waals surface area contributed by atoms with Gasteiger partial charge in [-0.3, -0.25) is 14.9 Å². The molecule has 0 aliphatic heterocycles. The normalized spacial score (nSPS) is 10.7. The largest absolute Gasteiger partial charge is 0.320 e. The fraction of sp³-hybridized carbons (Fsp3) is 0. The van der Waals surface area contributed by atoms with E-state index in [9.17, 15) is 19.3 Å². The van der Waals surface area contributed by atoms with Crippen LogP contribution < -0.4 is 5.32 Å². The summed E-state index contributed by atoms with van der Waals surface area (Å²) >= 11 is 0. The second-order valence-corrected chi connectivity index (χ2v) is 5.45. The van der Waals surface area contributed by atoms with Gasteiger partial charge in [-0.15, -0.1) is 0 Å². The smallest absolute Gasteiger partial charge is 0.270 e. The highest BCUT2D eigenvalue weighted by molar-refractivity contribution is 6.01. The quantitative estimate of drug-likeness (QED) is 0.421. The lowest BCUT2D eigenvalue weighted by molar-refractivity contribution is -0.384. The Kier molecular flexibility index (Phi) is 5.27. The number of hydrogen-bond donors (Lipinski definition) is 1. The highest BCUT2D eigenvalue weighted by Crippen LogP contribution is 2.20. The van der Waals surface area contributed by atoms with Crippen LogP contribution in [-0.4, -0.2) is 20.8 Å². The third-order valence-corrected chi connectivity index (χ3v) is 3.55. The topological polar surface area (TPSA) is 98.0 Å². The molecule has 0 atom stereocenters. The second kappa shape index (κ2) is 7.96. The van der Waals surface area contributed by atoms with Crippen molar-refractivity contribution in [3.05, 3.63) is 88.5 Å². The van der Waals surface area contributed by atoms with Crippen molar-refractivity contribution in [2.45, 2.75) is 0 Å². The Labute approximate surface area is 153 Å². The van der Waals surface area contributed by atoms with Crippen LogP contribution in [0.4, 0.5) is 15.8 Å². The Morgan fingerprint density at radius 3 is 2.56 bits per heavy atom. The van der Waals surface area contributed by atoms with Gasteiger partial charge in [-0.1, -0.05) is 24.3 Å². The fourth-order valence-electron chi connectivity index (χ4n) is 2.24. The minimum Gasteiger partial charge on any atom is -0.320 e. The first kappa shape index (κ1) is 17.9. The van der Waals surface area contributed by atoms with Gasteiger partial charge in [0.1, 0.15) is 5.82 Å². The van der Waals surface area contributed by atoms with E-state index < -0.39 is 16.6 Å². The van der Waals surface area contributed by atoms with Crippen LogP contribution in [0.25, 0.3) is 17.5 Å². The zero-order valence-corrected chi connectivity index (χ0v) is 13.9. The first-order chi connectivity index (χ1) is 13.0. The summed E-state index contributed by atoms with van der Waals surface area (Å²) in [4.78, 5) is 30.5. The van der Waals surface area contributed by atoms with E-state index in [1.165, 1.54) is 54.9 Å². The molecule has 3 aromatic rings. The van der Waals surface area contributed by atoms with E-state index in [4.69, 9.17) is 0 Å². The number of carbonyl (C=O) groups is 1. The molecule has 0 spiro atoms. The molecule has 3 rings (SSSR count). The molecular weight excluding hydrogens is 351 g/mol. The molecule has 0 bridgehead atoms. The lowest BCUT2D eigenvalue weighted by atomic mass is 10.2. The van der Waals surface area contributed by atoms with Crippen LogP contribution >= 0.6 is 0 Å². The number of nitrogens with zero attached hydrogens (tertiary/aromatic N) is 3. The van der Waals surface area contributed by atoms with E-state index in [1.807, 2.05) is 0 Å². The van der Waals surface area contributed by atoms with E-state index >= 15 is 0 Å². The number of hydrogen-bond acceptors (Lipinski definition) is 5. The van der Waals surface area contributed by atoms with Crippen molar-refractivity contribution in [3.63, 3.8) is 0 Å². The predicted octanol–water partition coefficient (Wildman–Crippen LogP) is 3.84. The van der Waals surface area contributed by atoms with Gasteiger partial charge in [0.2, 0.25) is 5.91 Å². The van der Waals surface area contributed by atoms with Crippen LogP contribution in [0.3, 0.4) is 0 Å². The van der Waals surface area contributed by atoms with Crippen molar-refractivity contribution < 1.29 is 14.1 Å². The maximum atomic E-state index is 13.5. The summed E-state index contributed by atoms with van der Waals surface area (Å²) in [5.41, 5.74) is 1.10. The van der Waals surface area contributed by atoms with Crippen molar-refractivity contribution in [2.24, 2.45) is 0 Å². The van der Waals surface area contributed by atoms with Crippen LogP contribution in [0.15, 0.2) is 67.0 Å². The Balaban J connectivity index is 1.69. The average molecular weight is 364 g/mol. The minimum absolute atomic E-state index is 0.0510. The van der Waals surface area contributed by atoms with Crippen molar-refractivity contribution in [2.75, 3.05) is 5.32 Å². The maximum Gasteiger partial charge on any atom is 0.270 e.